The number of H-pyrrole nitrogens is 1. The number of carbonyl (C=O) groups excluding carboxylic acids is 1. The number of methoxy groups -OCH3 is 3. The number of benzene rings is 2. The number of anilines is 2. The van der Waals surface area contributed by atoms with Gasteiger partial charge < -0.3 is 29.3 Å². The predicted molar refractivity (Wildman–Crippen MR) is 153 cm³/mol. The Bertz CT molecular complexity index is 1510. The number of ether oxygens (including phenoxy) is 3. The van der Waals surface area contributed by atoms with Crippen LogP contribution in [0.5, 0.6) is 17.2 Å². The summed E-state index contributed by atoms with van der Waals surface area (Å²) in [6.45, 7) is 3.73. The van der Waals surface area contributed by atoms with Crippen molar-refractivity contribution in [2.24, 2.45) is 0 Å². The van der Waals surface area contributed by atoms with E-state index in [4.69, 9.17) is 37.4 Å². The molecule has 0 bridgehead atoms. The van der Waals surface area contributed by atoms with Gasteiger partial charge in [-0.15, -0.1) is 0 Å². The lowest BCUT2D eigenvalue weighted by Crippen LogP contribution is -2.44. The zero-order valence-corrected chi connectivity index (χ0v) is 23.5. The maximum atomic E-state index is 13.1. The summed E-state index contributed by atoms with van der Waals surface area (Å²) in [5.74, 6) is 1.48. The first-order valence-corrected chi connectivity index (χ1v) is 13.0. The van der Waals surface area contributed by atoms with Crippen LogP contribution < -0.4 is 24.4 Å². The summed E-state index contributed by atoms with van der Waals surface area (Å²) in [7, 11) is 6.73. The van der Waals surface area contributed by atoms with Gasteiger partial charge in [-0.3, -0.25) is 9.89 Å². The summed E-state index contributed by atoms with van der Waals surface area (Å²) >= 11 is 13.1. The number of rotatable bonds is 7. The summed E-state index contributed by atoms with van der Waals surface area (Å²) in [6.07, 6.45) is 0. The van der Waals surface area contributed by atoms with E-state index in [1.165, 1.54) is 14.2 Å². The summed E-state index contributed by atoms with van der Waals surface area (Å²) in [5, 5.41) is 11.2. The number of amides is 1. The Kier molecular flexibility index (Phi) is 7.69. The minimum absolute atomic E-state index is 0.303. The maximum Gasteiger partial charge on any atom is 0.257 e. The Labute approximate surface area is 235 Å². The van der Waals surface area contributed by atoms with E-state index in [1.54, 1.807) is 37.4 Å². The Balaban J connectivity index is 1.41. The molecule has 2 N–H and O–H groups in total. The molecule has 1 fully saturated rings. The molecule has 1 aliphatic heterocycles. The molecule has 0 radical (unpaired) electrons. The van der Waals surface area contributed by atoms with Gasteiger partial charge in [0, 0.05) is 43.4 Å². The van der Waals surface area contributed by atoms with E-state index >= 15 is 0 Å². The first kappa shape index (κ1) is 26.9. The number of likely N-dealkylation sites (N-methyl/N-ethyl adjacent to an activating group) is 1. The summed E-state index contributed by atoms with van der Waals surface area (Å²) < 4.78 is 16.4. The number of carbonyl (C=O) groups is 1. The fourth-order valence-corrected chi connectivity index (χ4v) is 5.25. The molecule has 1 saturated heterocycles. The molecule has 0 aliphatic carbocycles. The third-order valence-electron chi connectivity index (χ3n) is 6.77. The van der Waals surface area contributed by atoms with E-state index in [9.17, 15) is 4.79 Å². The smallest absolute Gasteiger partial charge is 0.257 e. The van der Waals surface area contributed by atoms with E-state index < -0.39 is 0 Å². The normalized spacial score (nSPS) is 13.9. The molecule has 0 atom stereocenters. The first-order chi connectivity index (χ1) is 18.8. The molecule has 39 heavy (non-hydrogen) atoms. The van der Waals surface area contributed by atoms with Crippen molar-refractivity contribution in [2.45, 2.75) is 0 Å². The van der Waals surface area contributed by atoms with Gasteiger partial charge in [-0.25, -0.2) is 4.98 Å². The van der Waals surface area contributed by atoms with Gasteiger partial charge in [0.05, 0.1) is 48.1 Å². The Morgan fingerprint density at radius 2 is 1.59 bits per heavy atom. The van der Waals surface area contributed by atoms with Gasteiger partial charge in [-0.2, -0.15) is 5.10 Å². The van der Waals surface area contributed by atoms with Crippen molar-refractivity contribution >= 4 is 51.6 Å². The minimum atomic E-state index is -0.320. The number of pyridine rings is 1. The van der Waals surface area contributed by atoms with Gasteiger partial charge in [0.1, 0.15) is 17.2 Å². The van der Waals surface area contributed by atoms with Crippen molar-refractivity contribution in [2.75, 3.05) is 64.8 Å². The van der Waals surface area contributed by atoms with Crippen molar-refractivity contribution < 1.29 is 19.0 Å². The summed E-state index contributed by atoms with van der Waals surface area (Å²) in [5.41, 5.74) is 2.81. The van der Waals surface area contributed by atoms with Gasteiger partial charge in [0.25, 0.3) is 5.91 Å². The number of halogens is 2. The van der Waals surface area contributed by atoms with Gasteiger partial charge in [-0.05, 0) is 37.4 Å². The third kappa shape index (κ3) is 5.15. The Morgan fingerprint density at radius 1 is 0.923 bits per heavy atom. The molecule has 1 aliphatic rings. The molecule has 3 heterocycles. The predicted octanol–water partition coefficient (Wildman–Crippen LogP) is 4.96. The third-order valence-corrected chi connectivity index (χ3v) is 7.52. The molecule has 2 aromatic heterocycles. The molecule has 0 spiro atoms. The number of aromatic nitrogens is 3. The number of aromatic amines is 1. The van der Waals surface area contributed by atoms with Crippen molar-refractivity contribution in [3.8, 4) is 28.5 Å². The number of fused-ring (bicyclic) bond motifs is 1. The fraction of sp³-hybridized carbons (Fsp3) is 0.296. The molecule has 4 aromatic rings. The van der Waals surface area contributed by atoms with E-state index in [1.807, 2.05) is 6.07 Å². The van der Waals surface area contributed by atoms with Crippen molar-refractivity contribution in [3.05, 3.63) is 52.0 Å². The van der Waals surface area contributed by atoms with E-state index in [2.05, 4.69) is 37.3 Å². The molecular weight excluding hydrogens is 543 g/mol. The van der Waals surface area contributed by atoms with E-state index in [-0.39, 0.29) is 5.91 Å². The Hall–Kier alpha value is -3.73. The highest BCUT2D eigenvalue weighted by atomic mass is 35.5. The second-order valence-electron chi connectivity index (χ2n) is 9.08. The van der Waals surface area contributed by atoms with E-state index in [0.29, 0.717) is 61.0 Å². The maximum absolute atomic E-state index is 13.1. The number of nitrogens with zero attached hydrogens (tertiary/aromatic N) is 4. The average Bonchev–Trinajstić information content (AvgIpc) is 3.35. The highest BCUT2D eigenvalue weighted by Gasteiger charge is 2.22. The van der Waals surface area contributed by atoms with Crippen LogP contribution in [0.4, 0.5) is 11.5 Å². The van der Waals surface area contributed by atoms with Gasteiger partial charge in [-0.1, -0.05) is 23.2 Å². The molecular formula is C27H28Cl2N6O4. The first-order valence-electron chi connectivity index (χ1n) is 12.2. The summed E-state index contributed by atoms with van der Waals surface area (Å²) in [4.78, 5) is 22.3. The fourth-order valence-electron chi connectivity index (χ4n) is 4.56. The zero-order chi connectivity index (χ0) is 27.7. The van der Waals surface area contributed by atoms with Gasteiger partial charge in [0.15, 0.2) is 11.5 Å². The van der Waals surface area contributed by atoms with Crippen LogP contribution in [0.2, 0.25) is 10.0 Å². The number of nitrogens with one attached hydrogen (secondary N) is 2. The van der Waals surface area contributed by atoms with Crippen LogP contribution in [0, 0.1) is 0 Å². The lowest BCUT2D eigenvalue weighted by molar-refractivity contribution is 0.102. The van der Waals surface area contributed by atoms with Crippen LogP contribution in [-0.2, 0) is 0 Å². The molecule has 0 saturated carbocycles. The standard InChI is InChI=1S/C27H28Cl2N6O4/c1-34-9-11-35(12-10-34)18-8-5-15(13-19(18)37-2)27(36)31-26-16-6-7-17(30-25(16)32-33-26)22-23(28)20(38-3)14-21(39-4)24(22)29/h5-8,13-14H,9-12H2,1-4H3,(H2,30,31,32,33,36). The number of piperazine rings is 1. The van der Waals surface area contributed by atoms with Crippen LogP contribution in [-0.4, -0.2) is 80.5 Å². The molecule has 10 nitrogen and oxygen atoms in total. The topological polar surface area (TPSA) is 105 Å². The van der Waals surface area contributed by atoms with E-state index in [0.717, 1.165) is 31.9 Å². The highest BCUT2D eigenvalue weighted by Crippen LogP contribution is 2.45. The second kappa shape index (κ2) is 11.2. The number of hydrogen-bond donors (Lipinski definition) is 2. The molecule has 2 aromatic carbocycles. The quantitative estimate of drug-likeness (QED) is 0.321. The monoisotopic (exact) mass is 570 g/mol. The highest BCUT2D eigenvalue weighted by molar-refractivity contribution is 6.41. The number of hydrogen-bond acceptors (Lipinski definition) is 8. The summed E-state index contributed by atoms with van der Waals surface area (Å²) in [6, 6.07) is 10.6. The lowest BCUT2D eigenvalue weighted by Gasteiger charge is -2.34. The lowest BCUT2D eigenvalue weighted by atomic mass is 10.1. The SMILES string of the molecule is COc1cc(C(=O)Nc2n[nH]c3nc(-c4c(Cl)c(OC)cc(OC)c4Cl)ccc23)ccc1N1CCN(C)CC1. The minimum Gasteiger partial charge on any atom is -0.495 e. The van der Waals surface area contributed by atoms with Crippen molar-refractivity contribution in [3.63, 3.8) is 0 Å². The largest absolute Gasteiger partial charge is 0.495 e. The van der Waals surface area contributed by atoms with Gasteiger partial charge in [0.2, 0.25) is 0 Å². The van der Waals surface area contributed by atoms with Crippen LogP contribution in [0.25, 0.3) is 22.3 Å². The van der Waals surface area contributed by atoms with Crippen LogP contribution >= 0.6 is 23.2 Å². The zero-order valence-electron chi connectivity index (χ0n) is 22.0. The van der Waals surface area contributed by atoms with Gasteiger partial charge >= 0.3 is 0 Å². The Morgan fingerprint density at radius 3 is 2.23 bits per heavy atom. The second-order valence-corrected chi connectivity index (χ2v) is 9.84. The van der Waals surface area contributed by atoms with Crippen LogP contribution in [0.1, 0.15) is 10.4 Å². The van der Waals surface area contributed by atoms with Crippen molar-refractivity contribution in [1.82, 2.24) is 20.1 Å². The van der Waals surface area contributed by atoms with Crippen LogP contribution in [0.15, 0.2) is 36.4 Å². The van der Waals surface area contributed by atoms with Crippen LogP contribution in [0.3, 0.4) is 0 Å². The molecule has 12 heteroatoms. The molecule has 0 unspecified atom stereocenters. The molecule has 5 rings (SSSR count). The average molecular weight is 571 g/mol. The molecule has 204 valence electrons. The molecule has 1 amide bonds. The van der Waals surface area contributed by atoms with Crippen molar-refractivity contribution in [1.29, 1.82) is 0 Å².